The highest BCUT2D eigenvalue weighted by molar-refractivity contribution is 6.33. The lowest BCUT2D eigenvalue weighted by Crippen LogP contribution is -2.50. The molecule has 4 heteroatoms. The molecule has 0 saturated heterocycles. The van der Waals surface area contributed by atoms with Crippen LogP contribution in [0.1, 0.15) is 43.7 Å². The molecule has 0 aromatic heterocycles. The van der Waals surface area contributed by atoms with Gasteiger partial charge in [-0.25, -0.2) is 0 Å². The van der Waals surface area contributed by atoms with Gasteiger partial charge in [0.05, 0.1) is 6.04 Å². The molecule has 4 bridgehead atoms. The van der Waals surface area contributed by atoms with Crippen molar-refractivity contribution in [3.8, 4) is 0 Å². The third-order valence-electron chi connectivity index (χ3n) is 6.16. The normalized spacial score (nSPS) is 38.7. The Bertz CT molecular complexity index is 518. The molecule has 4 aliphatic rings. The molecule has 0 spiro atoms. The van der Waals surface area contributed by atoms with Gasteiger partial charge in [0.15, 0.2) is 0 Å². The summed E-state index contributed by atoms with van der Waals surface area (Å²) in [6.45, 7) is 0. The Hall–Kier alpha value is -0.280. The molecule has 1 unspecified atom stereocenters. The number of hydrogen-bond donors (Lipinski definition) is 2. The molecule has 0 amide bonds. The van der Waals surface area contributed by atoms with Crippen LogP contribution < -0.4 is 11.3 Å². The van der Waals surface area contributed by atoms with Crippen molar-refractivity contribution in [3.05, 3.63) is 33.8 Å². The number of nitrogens with one attached hydrogen (secondary N) is 1. The lowest BCUT2D eigenvalue weighted by Gasteiger charge is -2.56. The molecule has 3 N–H and O–H groups in total. The zero-order valence-corrected chi connectivity index (χ0v) is 13.6. The highest BCUT2D eigenvalue weighted by atomic mass is 35.5. The van der Waals surface area contributed by atoms with Crippen molar-refractivity contribution in [2.45, 2.75) is 38.1 Å². The van der Waals surface area contributed by atoms with Crippen molar-refractivity contribution in [2.24, 2.45) is 35.4 Å². The van der Waals surface area contributed by atoms with Crippen LogP contribution in [0, 0.1) is 29.6 Å². The Balaban J connectivity index is 1.68. The van der Waals surface area contributed by atoms with Gasteiger partial charge in [0.25, 0.3) is 0 Å². The Kier molecular flexibility index (Phi) is 3.69. The summed E-state index contributed by atoms with van der Waals surface area (Å²) in [6, 6.07) is 5.85. The van der Waals surface area contributed by atoms with E-state index in [2.05, 4.69) is 5.43 Å². The van der Waals surface area contributed by atoms with Crippen molar-refractivity contribution < 1.29 is 0 Å². The van der Waals surface area contributed by atoms with Crippen molar-refractivity contribution >= 4 is 23.2 Å². The molecule has 1 aromatic rings. The highest BCUT2D eigenvalue weighted by Gasteiger charge is 2.50. The average molecular weight is 325 g/mol. The van der Waals surface area contributed by atoms with Crippen LogP contribution in [0.5, 0.6) is 0 Å². The summed E-state index contributed by atoms with van der Waals surface area (Å²) in [5.74, 6) is 10.1. The molecule has 4 fully saturated rings. The van der Waals surface area contributed by atoms with Gasteiger partial charge < -0.3 is 0 Å². The van der Waals surface area contributed by atoms with E-state index in [1.165, 1.54) is 32.1 Å². The van der Waals surface area contributed by atoms with Crippen LogP contribution in [0.4, 0.5) is 0 Å². The standard InChI is InChI=1S/C17H22Cl2N2/c18-13-1-2-15(19)14(8-13)17(21-20)16-11-4-9-3-10(6-11)7-12(16)5-9/h1-2,8-12,16-17,21H,3-7,20H2. The largest absolute Gasteiger partial charge is 0.271 e. The molecule has 114 valence electrons. The minimum absolute atomic E-state index is 0.131. The molecule has 1 atom stereocenters. The van der Waals surface area contributed by atoms with E-state index in [0.717, 1.165) is 39.3 Å². The zero-order chi connectivity index (χ0) is 14.6. The van der Waals surface area contributed by atoms with Gasteiger partial charge in [0.1, 0.15) is 0 Å². The molecule has 21 heavy (non-hydrogen) atoms. The second kappa shape index (κ2) is 5.42. The Morgan fingerprint density at radius 2 is 1.62 bits per heavy atom. The summed E-state index contributed by atoms with van der Waals surface area (Å²) in [5, 5.41) is 1.51. The molecule has 2 nitrogen and oxygen atoms in total. The highest BCUT2D eigenvalue weighted by Crippen LogP contribution is 2.59. The van der Waals surface area contributed by atoms with Crippen LogP contribution in [-0.4, -0.2) is 0 Å². The van der Waals surface area contributed by atoms with Gasteiger partial charge in [-0.3, -0.25) is 11.3 Å². The van der Waals surface area contributed by atoms with Crippen LogP contribution >= 0.6 is 23.2 Å². The van der Waals surface area contributed by atoms with E-state index in [4.69, 9.17) is 29.0 Å². The summed E-state index contributed by atoms with van der Waals surface area (Å²) >= 11 is 12.6. The molecule has 4 saturated carbocycles. The Morgan fingerprint density at radius 1 is 1.00 bits per heavy atom. The molecule has 0 aliphatic heterocycles. The van der Waals surface area contributed by atoms with E-state index in [1.54, 1.807) is 0 Å². The van der Waals surface area contributed by atoms with Crippen molar-refractivity contribution in [2.75, 3.05) is 0 Å². The fraction of sp³-hybridized carbons (Fsp3) is 0.647. The Morgan fingerprint density at radius 3 is 2.19 bits per heavy atom. The van der Waals surface area contributed by atoms with Crippen LogP contribution in [0.2, 0.25) is 10.0 Å². The molecule has 5 rings (SSSR count). The third kappa shape index (κ3) is 2.41. The summed E-state index contributed by atoms with van der Waals surface area (Å²) in [5.41, 5.74) is 4.14. The molecule has 0 radical (unpaired) electrons. The van der Waals surface area contributed by atoms with Gasteiger partial charge in [-0.15, -0.1) is 0 Å². The number of benzene rings is 1. The summed E-state index contributed by atoms with van der Waals surface area (Å²) in [6.07, 6.45) is 7.00. The second-order valence-electron chi connectivity index (χ2n) is 7.32. The predicted octanol–water partition coefficient (Wildman–Crippen LogP) is 4.57. The number of nitrogens with two attached hydrogens (primary N) is 1. The number of hydrogen-bond acceptors (Lipinski definition) is 2. The lowest BCUT2D eigenvalue weighted by atomic mass is 9.50. The smallest absolute Gasteiger partial charge is 0.0508 e. The first kappa shape index (κ1) is 14.3. The van der Waals surface area contributed by atoms with Crippen LogP contribution in [0.25, 0.3) is 0 Å². The SMILES string of the molecule is NNC(c1cc(Cl)ccc1Cl)C1C2CC3CC(C2)CC1C3. The molecule has 0 heterocycles. The summed E-state index contributed by atoms with van der Waals surface area (Å²) < 4.78 is 0. The van der Waals surface area contributed by atoms with Crippen LogP contribution in [0.15, 0.2) is 18.2 Å². The maximum absolute atomic E-state index is 6.43. The topological polar surface area (TPSA) is 38.0 Å². The number of rotatable bonds is 3. The predicted molar refractivity (Wildman–Crippen MR) is 87.1 cm³/mol. The Labute approximate surface area is 136 Å². The lowest BCUT2D eigenvalue weighted by molar-refractivity contribution is -0.0525. The van der Waals surface area contributed by atoms with E-state index in [0.29, 0.717) is 5.92 Å². The molecule has 4 aliphatic carbocycles. The van der Waals surface area contributed by atoms with E-state index in [9.17, 15) is 0 Å². The number of hydrazine groups is 1. The first-order valence-corrected chi connectivity index (χ1v) is 8.82. The number of halogens is 2. The molecular formula is C17H22Cl2N2. The van der Waals surface area contributed by atoms with Crippen molar-refractivity contribution in [1.82, 2.24) is 5.43 Å². The van der Waals surface area contributed by atoms with Crippen molar-refractivity contribution in [1.29, 1.82) is 0 Å². The van der Waals surface area contributed by atoms with Crippen LogP contribution in [-0.2, 0) is 0 Å². The molecular weight excluding hydrogens is 303 g/mol. The first-order chi connectivity index (χ1) is 10.2. The molecule has 1 aromatic carbocycles. The van der Waals surface area contributed by atoms with Gasteiger partial charge in [-0.1, -0.05) is 23.2 Å². The monoisotopic (exact) mass is 324 g/mol. The van der Waals surface area contributed by atoms with E-state index < -0.39 is 0 Å². The van der Waals surface area contributed by atoms with Gasteiger partial charge in [0, 0.05) is 10.0 Å². The van der Waals surface area contributed by atoms with E-state index >= 15 is 0 Å². The van der Waals surface area contributed by atoms with E-state index in [-0.39, 0.29) is 6.04 Å². The fourth-order valence-corrected chi connectivity index (χ4v) is 6.09. The third-order valence-corrected chi connectivity index (χ3v) is 6.74. The maximum atomic E-state index is 6.43. The van der Waals surface area contributed by atoms with E-state index in [1.807, 2.05) is 18.2 Å². The zero-order valence-electron chi connectivity index (χ0n) is 12.1. The van der Waals surface area contributed by atoms with Crippen molar-refractivity contribution in [3.63, 3.8) is 0 Å². The van der Waals surface area contributed by atoms with Gasteiger partial charge >= 0.3 is 0 Å². The summed E-state index contributed by atoms with van der Waals surface area (Å²) in [7, 11) is 0. The van der Waals surface area contributed by atoms with Gasteiger partial charge in [-0.2, -0.15) is 0 Å². The fourth-order valence-electron chi connectivity index (χ4n) is 5.67. The van der Waals surface area contributed by atoms with Gasteiger partial charge in [0.2, 0.25) is 0 Å². The quantitative estimate of drug-likeness (QED) is 0.631. The average Bonchev–Trinajstić information content (AvgIpc) is 2.45. The first-order valence-electron chi connectivity index (χ1n) is 8.06. The maximum Gasteiger partial charge on any atom is 0.0508 e. The summed E-state index contributed by atoms with van der Waals surface area (Å²) in [4.78, 5) is 0. The van der Waals surface area contributed by atoms with Crippen LogP contribution in [0.3, 0.4) is 0 Å². The minimum atomic E-state index is 0.131. The second-order valence-corrected chi connectivity index (χ2v) is 8.16. The minimum Gasteiger partial charge on any atom is -0.271 e. The van der Waals surface area contributed by atoms with Gasteiger partial charge in [-0.05, 0) is 85.5 Å².